The van der Waals surface area contributed by atoms with Crippen LogP contribution in [0.3, 0.4) is 0 Å². The second-order valence-electron chi connectivity index (χ2n) is 6.68. The first-order valence-electron chi connectivity index (χ1n) is 9.18. The number of aliphatic carboxylic acids is 2. The minimum atomic E-state index is -2.96. The summed E-state index contributed by atoms with van der Waals surface area (Å²) in [7, 11) is 2.89. The second-order valence-corrected chi connectivity index (χ2v) is 6.68. The maximum Gasteiger partial charge on any atom is 0.348 e. The van der Waals surface area contributed by atoms with Crippen LogP contribution in [0.4, 0.5) is 0 Å². The number of carboxylic acid groups (broad SMARTS) is 2. The summed E-state index contributed by atoms with van der Waals surface area (Å²) in [4.78, 5) is 35.6. The number of phenolic OH excluding ortho intramolecular Hbond substituents is 1. The number of methoxy groups -OCH3 is 2. The summed E-state index contributed by atoms with van der Waals surface area (Å²) in [6.45, 7) is 0. The van der Waals surface area contributed by atoms with Crippen molar-refractivity contribution in [3.8, 4) is 17.2 Å². The van der Waals surface area contributed by atoms with Crippen LogP contribution in [-0.2, 0) is 25.5 Å². The molecular weight excluding hydrogens is 424 g/mol. The van der Waals surface area contributed by atoms with Gasteiger partial charge in [-0.3, -0.25) is 0 Å². The zero-order chi connectivity index (χ0) is 23.9. The van der Waals surface area contributed by atoms with E-state index in [9.17, 15) is 34.8 Å². The number of benzene rings is 2. The molecule has 0 heterocycles. The molecule has 0 aliphatic carbocycles. The van der Waals surface area contributed by atoms with Gasteiger partial charge in [-0.25, -0.2) is 14.4 Å². The van der Waals surface area contributed by atoms with Gasteiger partial charge in [-0.05, 0) is 41.5 Å². The Morgan fingerprint density at radius 2 is 1.62 bits per heavy atom. The summed E-state index contributed by atoms with van der Waals surface area (Å²) in [5, 5.41) is 38.9. The maximum atomic E-state index is 12.2. The standard InChI is InChI=1S/C22H22O10/c1-30-16-9-5-13(11-17(16)31-2)6-10-18(24)32-19(20(25)26)22(29,21(27)28)12-14-3-7-15(23)8-4-14/h3-11,19,23,29H,12H2,1-2H3,(H,25,26)(H,27,28)/t19-,22-/m1/s1. The average molecular weight is 446 g/mol. The highest BCUT2D eigenvalue weighted by Crippen LogP contribution is 2.28. The van der Waals surface area contributed by atoms with E-state index in [1.54, 1.807) is 18.2 Å². The van der Waals surface area contributed by atoms with Crippen LogP contribution in [0.15, 0.2) is 48.5 Å². The molecule has 0 aliphatic heterocycles. The number of hydrogen-bond donors (Lipinski definition) is 4. The molecule has 2 atom stereocenters. The van der Waals surface area contributed by atoms with E-state index in [4.69, 9.17) is 14.2 Å². The number of hydrogen-bond acceptors (Lipinski definition) is 8. The topological polar surface area (TPSA) is 160 Å². The Morgan fingerprint density at radius 3 is 2.16 bits per heavy atom. The zero-order valence-electron chi connectivity index (χ0n) is 17.2. The summed E-state index contributed by atoms with van der Waals surface area (Å²) in [5.74, 6) is -4.18. The fourth-order valence-corrected chi connectivity index (χ4v) is 2.83. The second kappa shape index (κ2) is 10.3. The number of esters is 1. The third-order valence-corrected chi connectivity index (χ3v) is 4.49. The lowest BCUT2D eigenvalue weighted by molar-refractivity contribution is -0.192. The monoisotopic (exact) mass is 446 g/mol. The fourth-order valence-electron chi connectivity index (χ4n) is 2.83. The molecule has 2 aromatic rings. The Kier molecular flexibility index (Phi) is 7.81. The maximum absolute atomic E-state index is 12.2. The summed E-state index contributed by atoms with van der Waals surface area (Å²) >= 11 is 0. The van der Waals surface area contributed by atoms with E-state index in [0.29, 0.717) is 17.1 Å². The zero-order valence-corrected chi connectivity index (χ0v) is 17.2. The summed E-state index contributed by atoms with van der Waals surface area (Å²) in [5.41, 5.74) is -2.27. The van der Waals surface area contributed by atoms with Crippen molar-refractivity contribution in [2.75, 3.05) is 14.2 Å². The van der Waals surface area contributed by atoms with Gasteiger partial charge in [0.1, 0.15) is 5.75 Å². The van der Waals surface area contributed by atoms with Crippen molar-refractivity contribution < 1.29 is 49.0 Å². The number of carbonyl (C=O) groups excluding carboxylic acids is 1. The molecule has 0 aromatic heterocycles. The Hall–Kier alpha value is -4.05. The lowest BCUT2D eigenvalue weighted by atomic mass is 9.88. The van der Waals surface area contributed by atoms with Crippen molar-refractivity contribution in [3.05, 3.63) is 59.7 Å². The molecule has 0 spiro atoms. The van der Waals surface area contributed by atoms with E-state index >= 15 is 0 Å². The van der Waals surface area contributed by atoms with Crippen molar-refractivity contribution in [1.29, 1.82) is 0 Å². The van der Waals surface area contributed by atoms with Gasteiger partial charge in [-0.2, -0.15) is 0 Å². The van der Waals surface area contributed by atoms with Gasteiger partial charge in [0.25, 0.3) is 0 Å². The molecule has 170 valence electrons. The molecule has 32 heavy (non-hydrogen) atoms. The Balaban J connectivity index is 2.24. The molecule has 0 bridgehead atoms. The van der Waals surface area contributed by atoms with Gasteiger partial charge in [0.05, 0.1) is 14.2 Å². The van der Waals surface area contributed by atoms with E-state index in [1.807, 2.05) is 0 Å². The highest BCUT2D eigenvalue weighted by Gasteiger charge is 2.51. The van der Waals surface area contributed by atoms with Crippen molar-refractivity contribution >= 4 is 24.0 Å². The third kappa shape index (κ3) is 5.76. The lowest BCUT2D eigenvalue weighted by Crippen LogP contribution is -2.56. The van der Waals surface area contributed by atoms with Crippen LogP contribution in [0, 0.1) is 0 Å². The van der Waals surface area contributed by atoms with Crippen LogP contribution < -0.4 is 9.47 Å². The highest BCUT2D eigenvalue weighted by atomic mass is 16.6. The molecule has 4 N–H and O–H groups in total. The molecule has 10 nitrogen and oxygen atoms in total. The van der Waals surface area contributed by atoms with Crippen LogP contribution in [0.25, 0.3) is 6.08 Å². The van der Waals surface area contributed by atoms with Crippen molar-refractivity contribution in [2.24, 2.45) is 0 Å². The molecular formula is C22H22O10. The summed E-state index contributed by atoms with van der Waals surface area (Å²) in [6, 6.07) is 9.83. The van der Waals surface area contributed by atoms with Crippen LogP contribution in [-0.4, -0.2) is 64.3 Å². The van der Waals surface area contributed by atoms with E-state index in [-0.39, 0.29) is 11.3 Å². The molecule has 2 rings (SSSR count). The first kappa shape index (κ1) is 24.2. The molecule has 10 heteroatoms. The van der Waals surface area contributed by atoms with Gasteiger partial charge < -0.3 is 34.6 Å². The van der Waals surface area contributed by atoms with Gasteiger partial charge >= 0.3 is 17.9 Å². The van der Waals surface area contributed by atoms with Crippen LogP contribution in [0.2, 0.25) is 0 Å². The van der Waals surface area contributed by atoms with E-state index in [2.05, 4.69) is 0 Å². The quantitative estimate of drug-likeness (QED) is 0.311. The van der Waals surface area contributed by atoms with Crippen molar-refractivity contribution in [2.45, 2.75) is 18.1 Å². The number of aromatic hydroxyl groups is 1. The summed E-state index contributed by atoms with van der Waals surface area (Å²) in [6.07, 6.45) is -0.911. The molecule has 0 fully saturated rings. The number of rotatable bonds is 10. The van der Waals surface area contributed by atoms with Gasteiger partial charge in [0, 0.05) is 12.5 Å². The number of ether oxygens (including phenoxy) is 3. The number of aliphatic hydroxyl groups is 1. The van der Waals surface area contributed by atoms with Crippen molar-refractivity contribution in [1.82, 2.24) is 0 Å². The van der Waals surface area contributed by atoms with E-state index in [0.717, 1.165) is 6.08 Å². The minimum Gasteiger partial charge on any atom is -0.508 e. The average Bonchev–Trinajstić information content (AvgIpc) is 2.76. The third-order valence-electron chi connectivity index (χ3n) is 4.49. The van der Waals surface area contributed by atoms with Gasteiger partial charge in [-0.15, -0.1) is 0 Å². The largest absolute Gasteiger partial charge is 0.508 e. The fraction of sp³-hybridized carbons (Fsp3) is 0.227. The normalized spacial score (nSPS) is 13.7. The molecule has 0 unspecified atom stereocenters. The Labute approximate surface area is 182 Å². The molecule has 0 radical (unpaired) electrons. The molecule has 0 saturated carbocycles. The van der Waals surface area contributed by atoms with Crippen LogP contribution >= 0.6 is 0 Å². The van der Waals surface area contributed by atoms with E-state index < -0.39 is 36.0 Å². The Morgan fingerprint density at radius 1 is 1.00 bits per heavy atom. The minimum absolute atomic E-state index is 0.103. The highest BCUT2D eigenvalue weighted by molar-refractivity contribution is 5.93. The SMILES string of the molecule is COc1ccc(C=CC(=O)O[C@H](C(=O)O)[C@](O)(Cc2ccc(O)cc2)C(=O)O)cc1OC. The van der Waals surface area contributed by atoms with Gasteiger partial charge in [0.2, 0.25) is 11.7 Å². The van der Waals surface area contributed by atoms with Gasteiger partial charge in [0.15, 0.2) is 11.5 Å². The smallest absolute Gasteiger partial charge is 0.348 e. The van der Waals surface area contributed by atoms with Crippen LogP contribution in [0.1, 0.15) is 11.1 Å². The summed E-state index contributed by atoms with van der Waals surface area (Å²) < 4.78 is 15.1. The first-order valence-corrected chi connectivity index (χ1v) is 9.18. The number of phenols is 1. The lowest BCUT2D eigenvalue weighted by Gasteiger charge is -2.29. The molecule has 0 amide bonds. The molecule has 0 saturated heterocycles. The first-order chi connectivity index (χ1) is 15.1. The molecule has 0 aliphatic rings. The predicted octanol–water partition coefficient (Wildman–Crippen LogP) is 1.48. The van der Waals surface area contributed by atoms with E-state index in [1.165, 1.54) is 44.6 Å². The van der Waals surface area contributed by atoms with Crippen LogP contribution in [0.5, 0.6) is 17.2 Å². The Bertz CT molecular complexity index is 1010. The number of carboxylic acids is 2. The number of carbonyl (C=O) groups is 3. The van der Waals surface area contributed by atoms with Gasteiger partial charge in [-0.1, -0.05) is 18.2 Å². The molecule has 2 aromatic carbocycles. The predicted molar refractivity (Wildman–Crippen MR) is 110 cm³/mol. The van der Waals surface area contributed by atoms with Crippen molar-refractivity contribution in [3.63, 3.8) is 0 Å².